The molecule has 0 atom stereocenters. The highest BCUT2D eigenvalue weighted by Gasteiger charge is 2.14. The van der Waals surface area contributed by atoms with E-state index in [2.05, 4.69) is 46.5 Å². The number of likely N-dealkylation sites (N-methyl/N-ethyl adjacent to an activating group) is 1. The Balaban J connectivity index is 0.00000210. The van der Waals surface area contributed by atoms with Crippen molar-refractivity contribution < 1.29 is 4.79 Å². The Kier molecular flexibility index (Phi) is 11.2. The van der Waals surface area contributed by atoms with Gasteiger partial charge >= 0.3 is 0 Å². The third-order valence-corrected chi connectivity index (χ3v) is 5.05. The lowest BCUT2D eigenvalue weighted by atomic mass is 10.1. The normalized spacial score (nSPS) is 14.6. The molecule has 3 rings (SSSR count). The molecular formula is C22H32Cl2N4O. The largest absolute Gasteiger partial charge is 0.322 e. The first-order chi connectivity index (χ1) is 13.2. The highest BCUT2D eigenvalue weighted by Crippen LogP contribution is 2.17. The number of piperazine rings is 1. The molecule has 0 saturated carbocycles. The monoisotopic (exact) mass is 438 g/mol. The number of nitrogens with one attached hydrogen (secondary N) is 2. The van der Waals surface area contributed by atoms with Crippen LogP contribution in [-0.4, -0.2) is 55.5 Å². The second kappa shape index (κ2) is 12.8. The predicted octanol–water partition coefficient (Wildman–Crippen LogP) is 3.64. The quantitative estimate of drug-likeness (QED) is 0.692. The van der Waals surface area contributed by atoms with E-state index in [0.717, 1.165) is 57.1 Å². The minimum atomic E-state index is -0.0647. The van der Waals surface area contributed by atoms with Crippen molar-refractivity contribution in [1.29, 1.82) is 0 Å². The van der Waals surface area contributed by atoms with Crippen molar-refractivity contribution in [1.82, 2.24) is 15.1 Å². The third kappa shape index (κ3) is 7.61. The summed E-state index contributed by atoms with van der Waals surface area (Å²) >= 11 is 0. The predicted molar refractivity (Wildman–Crippen MR) is 125 cm³/mol. The van der Waals surface area contributed by atoms with Crippen LogP contribution in [0.1, 0.15) is 28.4 Å². The molecule has 2 aromatic rings. The smallest absolute Gasteiger partial charge is 0.255 e. The van der Waals surface area contributed by atoms with Crippen molar-refractivity contribution in [3.63, 3.8) is 0 Å². The Hall–Kier alpha value is -1.63. The number of anilines is 1. The van der Waals surface area contributed by atoms with Gasteiger partial charge in [0.2, 0.25) is 0 Å². The van der Waals surface area contributed by atoms with Crippen molar-refractivity contribution in [2.75, 3.05) is 45.1 Å². The summed E-state index contributed by atoms with van der Waals surface area (Å²) < 4.78 is 0. The van der Waals surface area contributed by atoms with Crippen LogP contribution in [0.5, 0.6) is 0 Å². The average molecular weight is 439 g/mol. The molecule has 1 fully saturated rings. The van der Waals surface area contributed by atoms with E-state index in [1.807, 2.05) is 36.4 Å². The van der Waals surface area contributed by atoms with Crippen LogP contribution in [0.25, 0.3) is 0 Å². The number of hydrogen-bond donors (Lipinski definition) is 2. The van der Waals surface area contributed by atoms with E-state index in [9.17, 15) is 4.79 Å². The van der Waals surface area contributed by atoms with Crippen LogP contribution in [0.2, 0.25) is 0 Å². The molecule has 0 spiro atoms. The Morgan fingerprint density at radius 2 is 1.62 bits per heavy atom. The minimum Gasteiger partial charge on any atom is -0.322 e. The molecule has 0 bridgehead atoms. The van der Waals surface area contributed by atoms with Crippen LogP contribution in [0.15, 0.2) is 48.5 Å². The highest BCUT2D eigenvalue weighted by molar-refractivity contribution is 6.04. The molecule has 5 nitrogen and oxygen atoms in total. The van der Waals surface area contributed by atoms with Gasteiger partial charge in [0.15, 0.2) is 0 Å². The van der Waals surface area contributed by atoms with E-state index < -0.39 is 0 Å². The van der Waals surface area contributed by atoms with Crippen LogP contribution < -0.4 is 10.6 Å². The molecule has 1 saturated heterocycles. The van der Waals surface area contributed by atoms with Crippen molar-refractivity contribution in [2.45, 2.75) is 20.0 Å². The molecule has 0 aliphatic carbocycles. The number of hydrogen-bond acceptors (Lipinski definition) is 4. The fraction of sp³-hybridized carbons (Fsp3) is 0.409. The SMILES string of the molecule is CCNCc1ccccc1NC(=O)c1ccc(CN2CCN(C)CC2)cc1.Cl.Cl. The highest BCUT2D eigenvalue weighted by atomic mass is 35.5. The molecule has 1 amide bonds. The van der Waals surface area contributed by atoms with Crippen LogP contribution in [0.3, 0.4) is 0 Å². The lowest BCUT2D eigenvalue weighted by molar-refractivity contribution is 0.102. The van der Waals surface area contributed by atoms with Gasteiger partial charge in [-0.15, -0.1) is 24.8 Å². The number of para-hydroxylation sites is 1. The summed E-state index contributed by atoms with van der Waals surface area (Å²) in [6.07, 6.45) is 0. The summed E-state index contributed by atoms with van der Waals surface area (Å²) in [5, 5.41) is 6.35. The van der Waals surface area contributed by atoms with Gasteiger partial charge in [0.25, 0.3) is 5.91 Å². The Morgan fingerprint density at radius 3 is 2.28 bits per heavy atom. The van der Waals surface area contributed by atoms with E-state index in [1.54, 1.807) is 0 Å². The number of benzene rings is 2. The number of carbonyl (C=O) groups is 1. The fourth-order valence-corrected chi connectivity index (χ4v) is 3.28. The summed E-state index contributed by atoms with van der Waals surface area (Å²) in [4.78, 5) is 17.5. The molecule has 2 aromatic carbocycles. The van der Waals surface area contributed by atoms with E-state index in [4.69, 9.17) is 0 Å². The maximum absolute atomic E-state index is 12.6. The van der Waals surface area contributed by atoms with E-state index in [1.165, 1.54) is 5.56 Å². The molecule has 0 radical (unpaired) electrons. The third-order valence-electron chi connectivity index (χ3n) is 5.05. The van der Waals surface area contributed by atoms with Gasteiger partial charge in [0.05, 0.1) is 0 Å². The van der Waals surface area contributed by atoms with Gasteiger partial charge in [-0.25, -0.2) is 0 Å². The van der Waals surface area contributed by atoms with Crippen LogP contribution in [-0.2, 0) is 13.1 Å². The van der Waals surface area contributed by atoms with Crippen molar-refractivity contribution >= 4 is 36.4 Å². The number of nitrogens with zero attached hydrogens (tertiary/aromatic N) is 2. The standard InChI is InChI=1S/C22H30N4O.2ClH/c1-3-23-16-20-6-4-5-7-21(20)24-22(27)19-10-8-18(9-11-19)17-26-14-12-25(2)13-15-26;;/h4-11,23H,3,12-17H2,1-2H3,(H,24,27);2*1H. The van der Waals surface area contributed by atoms with E-state index >= 15 is 0 Å². The topological polar surface area (TPSA) is 47.6 Å². The van der Waals surface area contributed by atoms with Gasteiger partial charge in [-0.2, -0.15) is 0 Å². The van der Waals surface area contributed by atoms with Gasteiger partial charge in [0, 0.05) is 50.5 Å². The Labute approximate surface area is 186 Å². The first-order valence-electron chi connectivity index (χ1n) is 9.75. The molecule has 2 N–H and O–H groups in total. The van der Waals surface area contributed by atoms with Gasteiger partial charge in [-0.1, -0.05) is 37.3 Å². The molecule has 7 heteroatoms. The molecule has 0 aromatic heterocycles. The Morgan fingerprint density at radius 1 is 0.966 bits per heavy atom. The summed E-state index contributed by atoms with van der Waals surface area (Å²) in [6, 6.07) is 15.9. The van der Waals surface area contributed by atoms with E-state index in [-0.39, 0.29) is 30.7 Å². The second-order valence-electron chi connectivity index (χ2n) is 7.17. The molecule has 160 valence electrons. The fourth-order valence-electron chi connectivity index (χ4n) is 3.28. The lowest BCUT2D eigenvalue weighted by Crippen LogP contribution is -2.43. The number of rotatable bonds is 7. The maximum atomic E-state index is 12.6. The van der Waals surface area contributed by atoms with Crippen molar-refractivity contribution in [3.05, 3.63) is 65.2 Å². The molecular weight excluding hydrogens is 407 g/mol. The minimum absolute atomic E-state index is 0. The zero-order chi connectivity index (χ0) is 19.1. The molecule has 1 heterocycles. The van der Waals surface area contributed by atoms with Crippen molar-refractivity contribution in [3.8, 4) is 0 Å². The molecule has 0 unspecified atom stereocenters. The lowest BCUT2D eigenvalue weighted by Gasteiger charge is -2.32. The first kappa shape index (κ1) is 25.4. The second-order valence-corrected chi connectivity index (χ2v) is 7.17. The molecule has 1 aliphatic heterocycles. The van der Waals surface area contributed by atoms with Gasteiger partial charge < -0.3 is 15.5 Å². The number of amides is 1. The average Bonchev–Trinajstić information content (AvgIpc) is 2.69. The van der Waals surface area contributed by atoms with Gasteiger partial charge in [-0.05, 0) is 42.9 Å². The van der Waals surface area contributed by atoms with Crippen LogP contribution >= 0.6 is 24.8 Å². The van der Waals surface area contributed by atoms with Crippen LogP contribution in [0, 0.1) is 0 Å². The molecule has 29 heavy (non-hydrogen) atoms. The first-order valence-corrected chi connectivity index (χ1v) is 9.75. The maximum Gasteiger partial charge on any atom is 0.255 e. The zero-order valence-electron chi connectivity index (χ0n) is 17.2. The van der Waals surface area contributed by atoms with E-state index in [0.29, 0.717) is 5.56 Å². The Bertz CT molecular complexity index is 747. The summed E-state index contributed by atoms with van der Waals surface area (Å²) in [7, 11) is 2.17. The summed E-state index contributed by atoms with van der Waals surface area (Å²) in [6.45, 7) is 9.10. The van der Waals surface area contributed by atoms with Crippen LogP contribution in [0.4, 0.5) is 5.69 Å². The summed E-state index contributed by atoms with van der Waals surface area (Å²) in [5.41, 5.74) is 3.91. The zero-order valence-corrected chi connectivity index (χ0v) is 18.8. The van der Waals surface area contributed by atoms with Gasteiger partial charge in [0.1, 0.15) is 0 Å². The van der Waals surface area contributed by atoms with Crippen molar-refractivity contribution in [2.24, 2.45) is 0 Å². The molecule has 1 aliphatic rings. The number of halogens is 2. The summed E-state index contributed by atoms with van der Waals surface area (Å²) in [5.74, 6) is -0.0647. The number of carbonyl (C=O) groups excluding carboxylic acids is 1. The van der Waals surface area contributed by atoms with Gasteiger partial charge in [-0.3, -0.25) is 9.69 Å².